The third-order valence-corrected chi connectivity index (χ3v) is 4.47. The third kappa shape index (κ3) is 2.33. The van der Waals surface area contributed by atoms with Crippen molar-refractivity contribution in [3.63, 3.8) is 0 Å². The molecule has 0 spiro atoms. The fourth-order valence-electron chi connectivity index (χ4n) is 2.24. The topological polar surface area (TPSA) is 66.4 Å². The molecule has 0 bridgehead atoms. The van der Waals surface area contributed by atoms with Gasteiger partial charge in [0.25, 0.3) is 0 Å². The number of amides is 1. The molecule has 1 aliphatic rings. The summed E-state index contributed by atoms with van der Waals surface area (Å²) in [5.74, 6) is -1.86. The summed E-state index contributed by atoms with van der Waals surface area (Å²) in [7, 11) is 0. The lowest BCUT2D eigenvalue weighted by Gasteiger charge is -2.03. The van der Waals surface area contributed by atoms with E-state index in [1.165, 1.54) is 4.70 Å². The number of carbonyl (C=O) groups excluding carboxylic acids is 1. The highest BCUT2D eigenvalue weighted by Gasteiger charge is 2.48. The average molecular weight is 275 g/mol. The van der Waals surface area contributed by atoms with Gasteiger partial charge in [-0.3, -0.25) is 9.59 Å². The minimum absolute atomic E-state index is 0.150. The van der Waals surface area contributed by atoms with Crippen LogP contribution in [0.15, 0.2) is 29.6 Å². The van der Waals surface area contributed by atoms with E-state index in [4.69, 9.17) is 5.11 Å². The first-order chi connectivity index (χ1) is 9.16. The molecule has 1 aliphatic carbocycles. The van der Waals surface area contributed by atoms with E-state index in [0.29, 0.717) is 13.0 Å². The van der Waals surface area contributed by atoms with Crippen molar-refractivity contribution in [2.75, 3.05) is 0 Å². The van der Waals surface area contributed by atoms with Crippen LogP contribution in [0.4, 0.5) is 0 Å². The van der Waals surface area contributed by atoms with Crippen LogP contribution >= 0.6 is 11.3 Å². The molecule has 2 aromatic rings. The molecule has 2 atom stereocenters. The highest BCUT2D eigenvalue weighted by atomic mass is 32.1. The normalized spacial score (nSPS) is 21.3. The van der Waals surface area contributed by atoms with Gasteiger partial charge < -0.3 is 10.4 Å². The Morgan fingerprint density at radius 1 is 1.32 bits per heavy atom. The van der Waals surface area contributed by atoms with E-state index < -0.39 is 11.9 Å². The third-order valence-electron chi connectivity index (χ3n) is 3.46. The first-order valence-corrected chi connectivity index (χ1v) is 7.00. The van der Waals surface area contributed by atoms with Gasteiger partial charge in [-0.15, -0.1) is 11.3 Å². The van der Waals surface area contributed by atoms with Crippen molar-refractivity contribution < 1.29 is 14.7 Å². The predicted molar refractivity (Wildman–Crippen MR) is 72.9 cm³/mol. The van der Waals surface area contributed by atoms with E-state index in [-0.39, 0.29) is 11.8 Å². The van der Waals surface area contributed by atoms with Gasteiger partial charge in [0.15, 0.2) is 0 Å². The van der Waals surface area contributed by atoms with Gasteiger partial charge in [0.2, 0.25) is 5.91 Å². The Kier molecular flexibility index (Phi) is 2.98. The second kappa shape index (κ2) is 4.66. The number of hydrogen-bond acceptors (Lipinski definition) is 3. The molecule has 0 saturated heterocycles. The molecule has 1 heterocycles. The Morgan fingerprint density at radius 2 is 2.11 bits per heavy atom. The van der Waals surface area contributed by atoms with E-state index in [1.54, 1.807) is 11.3 Å². The lowest BCUT2D eigenvalue weighted by molar-refractivity contribution is -0.140. The van der Waals surface area contributed by atoms with Crippen LogP contribution < -0.4 is 5.32 Å². The highest BCUT2D eigenvalue weighted by Crippen LogP contribution is 2.38. The number of thiophene rings is 1. The Balaban J connectivity index is 1.64. The van der Waals surface area contributed by atoms with Crippen LogP contribution in [0.25, 0.3) is 10.1 Å². The number of carboxylic acids is 1. The van der Waals surface area contributed by atoms with Crippen LogP contribution in [-0.4, -0.2) is 17.0 Å². The van der Waals surface area contributed by atoms with Gasteiger partial charge in [-0.1, -0.05) is 18.2 Å². The van der Waals surface area contributed by atoms with E-state index in [0.717, 1.165) is 10.9 Å². The van der Waals surface area contributed by atoms with Crippen LogP contribution in [0.1, 0.15) is 12.0 Å². The minimum Gasteiger partial charge on any atom is -0.481 e. The van der Waals surface area contributed by atoms with Crippen molar-refractivity contribution >= 4 is 33.3 Å². The van der Waals surface area contributed by atoms with E-state index >= 15 is 0 Å². The summed E-state index contributed by atoms with van der Waals surface area (Å²) in [4.78, 5) is 22.5. The lowest BCUT2D eigenvalue weighted by Crippen LogP contribution is -2.25. The summed E-state index contributed by atoms with van der Waals surface area (Å²) in [6, 6.07) is 8.04. The Labute approximate surface area is 114 Å². The van der Waals surface area contributed by atoms with Crippen molar-refractivity contribution in [3.05, 3.63) is 35.2 Å². The minimum atomic E-state index is -0.874. The molecule has 19 heavy (non-hydrogen) atoms. The summed E-state index contributed by atoms with van der Waals surface area (Å²) >= 11 is 1.65. The molecule has 98 valence electrons. The molecular weight excluding hydrogens is 262 g/mol. The fraction of sp³-hybridized carbons (Fsp3) is 0.286. The van der Waals surface area contributed by atoms with Gasteiger partial charge in [0.05, 0.1) is 11.8 Å². The van der Waals surface area contributed by atoms with Gasteiger partial charge in [-0.2, -0.15) is 0 Å². The van der Waals surface area contributed by atoms with Gasteiger partial charge >= 0.3 is 5.97 Å². The summed E-state index contributed by atoms with van der Waals surface area (Å²) < 4.78 is 1.20. The number of benzene rings is 1. The van der Waals surface area contributed by atoms with Gasteiger partial charge in [0.1, 0.15) is 0 Å². The van der Waals surface area contributed by atoms with Crippen molar-refractivity contribution in [1.82, 2.24) is 5.32 Å². The van der Waals surface area contributed by atoms with Crippen molar-refractivity contribution in [3.8, 4) is 0 Å². The largest absolute Gasteiger partial charge is 0.481 e. The summed E-state index contributed by atoms with van der Waals surface area (Å²) in [5.41, 5.74) is 1.08. The van der Waals surface area contributed by atoms with Gasteiger partial charge in [-0.05, 0) is 28.8 Å². The quantitative estimate of drug-likeness (QED) is 0.899. The summed E-state index contributed by atoms with van der Waals surface area (Å²) in [6.07, 6.45) is 0.464. The maximum atomic E-state index is 11.8. The lowest BCUT2D eigenvalue weighted by atomic mass is 10.2. The molecule has 1 aromatic carbocycles. The summed E-state index contributed by atoms with van der Waals surface area (Å²) in [5, 5.41) is 14.8. The predicted octanol–water partition coefficient (Wildman–Crippen LogP) is 2.24. The van der Waals surface area contributed by atoms with E-state index in [2.05, 4.69) is 5.32 Å². The molecule has 1 aromatic heterocycles. The molecule has 0 radical (unpaired) electrons. The molecular formula is C14H13NO3S. The molecule has 2 unspecified atom stereocenters. The van der Waals surface area contributed by atoms with Crippen LogP contribution in [-0.2, 0) is 16.1 Å². The molecule has 2 N–H and O–H groups in total. The Morgan fingerprint density at radius 3 is 2.84 bits per heavy atom. The standard InChI is InChI=1S/C14H13NO3S/c16-13(10-5-11(10)14(17)18)15-6-8-7-19-12-4-2-1-3-9(8)12/h1-4,7,10-11H,5-6H2,(H,15,16)(H,17,18). The fourth-order valence-corrected chi connectivity index (χ4v) is 3.20. The van der Waals surface area contributed by atoms with Crippen LogP contribution in [0.2, 0.25) is 0 Å². The molecule has 4 nitrogen and oxygen atoms in total. The number of rotatable bonds is 4. The zero-order valence-corrected chi connectivity index (χ0v) is 10.9. The molecule has 0 aliphatic heterocycles. The number of carboxylic acid groups (broad SMARTS) is 1. The maximum Gasteiger partial charge on any atom is 0.307 e. The first kappa shape index (κ1) is 12.2. The molecule has 1 saturated carbocycles. The molecule has 1 amide bonds. The number of aliphatic carboxylic acids is 1. The smallest absolute Gasteiger partial charge is 0.307 e. The highest BCUT2D eigenvalue weighted by molar-refractivity contribution is 7.17. The Hall–Kier alpha value is -1.88. The maximum absolute atomic E-state index is 11.8. The van der Waals surface area contributed by atoms with Crippen LogP contribution in [0.3, 0.4) is 0 Å². The van der Waals surface area contributed by atoms with Crippen molar-refractivity contribution in [2.45, 2.75) is 13.0 Å². The van der Waals surface area contributed by atoms with Crippen molar-refractivity contribution in [1.29, 1.82) is 0 Å². The monoisotopic (exact) mass is 275 g/mol. The molecule has 5 heteroatoms. The van der Waals surface area contributed by atoms with Crippen molar-refractivity contribution in [2.24, 2.45) is 11.8 Å². The molecule has 3 rings (SSSR count). The van der Waals surface area contributed by atoms with Crippen LogP contribution in [0, 0.1) is 11.8 Å². The second-order valence-corrected chi connectivity index (χ2v) is 5.67. The average Bonchev–Trinajstić information content (AvgIpc) is 3.11. The van der Waals surface area contributed by atoms with Gasteiger partial charge in [0, 0.05) is 11.2 Å². The molecule has 1 fully saturated rings. The zero-order chi connectivity index (χ0) is 13.4. The number of fused-ring (bicyclic) bond motifs is 1. The summed E-state index contributed by atoms with van der Waals surface area (Å²) in [6.45, 7) is 0.464. The number of carbonyl (C=O) groups is 2. The van der Waals surface area contributed by atoms with E-state index in [9.17, 15) is 9.59 Å². The number of nitrogens with one attached hydrogen (secondary N) is 1. The zero-order valence-electron chi connectivity index (χ0n) is 10.1. The van der Waals surface area contributed by atoms with E-state index in [1.807, 2.05) is 29.6 Å². The van der Waals surface area contributed by atoms with Crippen LogP contribution in [0.5, 0.6) is 0 Å². The number of hydrogen-bond donors (Lipinski definition) is 2. The Bertz CT molecular complexity index is 649. The van der Waals surface area contributed by atoms with Gasteiger partial charge in [-0.25, -0.2) is 0 Å². The second-order valence-electron chi connectivity index (χ2n) is 4.76. The first-order valence-electron chi connectivity index (χ1n) is 6.12. The SMILES string of the molecule is O=C(O)C1CC1C(=O)NCc1csc2ccccc12.